The zero-order valence-corrected chi connectivity index (χ0v) is 20.2. The van der Waals surface area contributed by atoms with E-state index in [0.29, 0.717) is 16.4 Å². The standard InChI is InChI=1S/C23H16BrCl2N3O4/c1-2-32-23(31)19-20(26)18(33-22(19)29-17-9-5-15(25)6-10-17)11-13(12-27)21(30)28-16-7-3-14(24)4-8-16/h3-11,29H,2H2,1H3,(H,28,30)/b13-11+. The maximum absolute atomic E-state index is 12.6. The molecule has 0 unspecified atom stereocenters. The van der Waals surface area contributed by atoms with Gasteiger partial charge in [0, 0.05) is 26.9 Å². The minimum absolute atomic E-state index is 0.00219. The second kappa shape index (κ2) is 11.1. The van der Waals surface area contributed by atoms with Crippen LogP contribution in [0.5, 0.6) is 0 Å². The largest absolute Gasteiger partial charge is 0.462 e. The number of ether oxygens (including phenoxy) is 1. The van der Waals surface area contributed by atoms with E-state index in [1.165, 1.54) is 0 Å². The molecule has 0 aliphatic heterocycles. The number of nitriles is 1. The van der Waals surface area contributed by atoms with E-state index in [-0.39, 0.29) is 34.4 Å². The van der Waals surface area contributed by atoms with Crippen LogP contribution in [-0.4, -0.2) is 18.5 Å². The number of benzene rings is 2. The fourth-order valence-corrected chi connectivity index (χ4v) is 3.32. The molecular weight excluding hydrogens is 533 g/mol. The van der Waals surface area contributed by atoms with Crippen LogP contribution in [0, 0.1) is 11.3 Å². The van der Waals surface area contributed by atoms with Gasteiger partial charge in [-0.1, -0.05) is 39.1 Å². The Morgan fingerprint density at radius 1 is 1.12 bits per heavy atom. The topological polar surface area (TPSA) is 104 Å². The summed E-state index contributed by atoms with van der Waals surface area (Å²) < 4.78 is 11.6. The lowest BCUT2D eigenvalue weighted by Crippen LogP contribution is -2.13. The summed E-state index contributed by atoms with van der Waals surface area (Å²) in [4.78, 5) is 25.1. The minimum atomic E-state index is -0.722. The highest BCUT2D eigenvalue weighted by atomic mass is 79.9. The van der Waals surface area contributed by atoms with Crippen molar-refractivity contribution in [3.05, 3.63) is 79.9 Å². The summed E-state index contributed by atoms with van der Waals surface area (Å²) in [5.74, 6) is -1.45. The van der Waals surface area contributed by atoms with Crippen LogP contribution in [-0.2, 0) is 9.53 Å². The summed E-state index contributed by atoms with van der Waals surface area (Å²) in [5.41, 5.74) is 0.721. The number of carbonyl (C=O) groups is 2. The van der Waals surface area contributed by atoms with Crippen molar-refractivity contribution in [3.8, 4) is 6.07 Å². The van der Waals surface area contributed by atoms with Gasteiger partial charge in [0.1, 0.15) is 22.2 Å². The first kappa shape index (κ1) is 24.4. The van der Waals surface area contributed by atoms with Gasteiger partial charge in [0.15, 0.2) is 5.76 Å². The van der Waals surface area contributed by atoms with E-state index in [4.69, 9.17) is 32.4 Å². The molecule has 2 N–H and O–H groups in total. The Morgan fingerprint density at radius 2 is 1.76 bits per heavy atom. The summed E-state index contributed by atoms with van der Waals surface area (Å²) in [6.45, 7) is 1.77. The number of nitrogens with one attached hydrogen (secondary N) is 2. The number of amides is 1. The molecule has 0 atom stereocenters. The first-order valence-corrected chi connectivity index (χ1v) is 11.1. The van der Waals surface area contributed by atoms with Crippen LogP contribution in [0.15, 0.2) is 63.0 Å². The van der Waals surface area contributed by atoms with Crippen molar-refractivity contribution < 1.29 is 18.7 Å². The molecule has 3 rings (SSSR count). The summed E-state index contributed by atoms with van der Waals surface area (Å²) in [7, 11) is 0. The summed E-state index contributed by atoms with van der Waals surface area (Å²) in [5, 5.41) is 15.5. The molecule has 3 aromatic rings. The third-order valence-electron chi connectivity index (χ3n) is 4.20. The molecule has 0 saturated heterocycles. The van der Waals surface area contributed by atoms with Gasteiger partial charge >= 0.3 is 5.97 Å². The molecule has 1 heterocycles. The normalized spacial score (nSPS) is 10.9. The Balaban J connectivity index is 1.96. The number of hydrogen-bond acceptors (Lipinski definition) is 6. The lowest BCUT2D eigenvalue weighted by Gasteiger charge is -2.06. The predicted molar refractivity (Wildman–Crippen MR) is 131 cm³/mol. The Morgan fingerprint density at radius 3 is 2.36 bits per heavy atom. The quantitative estimate of drug-likeness (QED) is 0.191. The van der Waals surface area contributed by atoms with Crippen molar-refractivity contribution in [1.82, 2.24) is 0 Å². The Bertz CT molecular complexity index is 1250. The fourth-order valence-electron chi connectivity index (χ4n) is 2.67. The summed E-state index contributed by atoms with van der Waals surface area (Å²) in [6, 6.07) is 15.3. The summed E-state index contributed by atoms with van der Waals surface area (Å²) >= 11 is 15.6. The highest BCUT2D eigenvalue weighted by Crippen LogP contribution is 2.36. The van der Waals surface area contributed by atoms with E-state index in [0.717, 1.165) is 10.5 Å². The second-order valence-corrected chi connectivity index (χ2v) is 8.20. The Kier molecular flexibility index (Phi) is 8.17. The van der Waals surface area contributed by atoms with Crippen LogP contribution in [0.4, 0.5) is 17.3 Å². The molecule has 33 heavy (non-hydrogen) atoms. The summed E-state index contributed by atoms with van der Waals surface area (Å²) in [6.07, 6.45) is 1.16. The number of esters is 1. The van der Waals surface area contributed by atoms with Gasteiger partial charge in [-0.05, 0) is 55.5 Å². The van der Waals surface area contributed by atoms with Crippen LogP contribution >= 0.6 is 39.1 Å². The van der Waals surface area contributed by atoms with Crippen LogP contribution < -0.4 is 10.6 Å². The van der Waals surface area contributed by atoms with Gasteiger partial charge in [-0.3, -0.25) is 4.79 Å². The molecule has 2 aromatic carbocycles. The van der Waals surface area contributed by atoms with Crippen molar-refractivity contribution in [2.75, 3.05) is 17.2 Å². The molecule has 0 saturated carbocycles. The molecule has 7 nitrogen and oxygen atoms in total. The third kappa shape index (κ3) is 6.17. The van der Waals surface area contributed by atoms with Gasteiger partial charge in [-0.15, -0.1) is 0 Å². The molecule has 1 amide bonds. The molecule has 0 spiro atoms. The predicted octanol–water partition coefficient (Wildman–Crippen LogP) is 6.81. The molecule has 0 fully saturated rings. The molecule has 1 aromatic heterocycles. The zero-order valence-electron chi connectivity index (χ0n) is 17.1. The van der Waals surface area contributed by atoms with E-state index >= 15 is 0 Å². The van der Waals surface area contributed by atoms with Gasteiger partial charge in [0.25, 0.3) is 5.91 Å². The first-order chi connectivity index (χ1) is 15.8. The molecule has 0 radical (unpaired) electrons. The number of rotatable bonds is 7. The molecule has 10 heteroatoms. The van der Waals surface area contributed by atoms with E-state index in [9.17, 15) is 14.9 Å². The number of nitrogens with zero attached hydrogens (tertiary/aromatic N) is 1. The number of anilines is 3. The SMILES string of the molecule is CCOC(=O)c1c(Nc2ccc(Cl)cc2)oc(/C=C(\C#N)C(=O)Nc2ccc(Br)cc2)c1Cl. The lowest BCUT2D eigenvalue weighted by molar-refractivity contribution is -0.112. The minimum Gasteiger partial charge on any atom is -0.462 e. The highest BCUT2D eigenvalue weighted by molar-refractivity contribution is 9.10. The molecule has 168 valence electrons. The number of furan rings is 1. The van der Waals surface area contributed by atoms with E-state index in [1.54, 1.807) is 55.5 Å². The number of halogens is 3. The average molecular weight is 549 g/mol. The third-order valence-corrected chi connectivity index (χ3v) is 5.36. The molecule has 0 bridgehead atoms. The fraction of sp³-hybridized carbons (Fsp3) is 0.0870. The van der Waals surface area contributed by atoms with Crippen LogP contribution in [0.3, 0.4) is 0 Å². The number of hydrogen-bond donors (Lipinski definition) is 2. The lowest BCUT2D eigenvalue weighted by atomic mass is 10.2. The number of carbonyl (C=O) groups excluding carboxylic acids is 2. The van der Waals surface area contributed by atoms with Crippen LogP contribution in [0.25, 0.3) is 6.08 Å². The Labute approximate surface area is 208 Å². The monoisotopic (exact) mass is 547 g/mol. The van der Waals surface area contributed by atoms with Gasteiger partial charge < -0.3 is 19.8 Å². The molecule has 0 aliphatic rings. The van der Waals surface area contributed by atoms with Gasteiger partial charge in [-0.2, -0.15) is 5.26 Å². The van der Waals surface area contributed by atoms with Crippen LogP contribution in [0.1, 0.15) is 23.0 Å². The van der Waals surface area contributed by atoms with Crippen molar-refractivity contribution in [2.45, 2.75) is 6.92 Å². The van der Waals surface area contributed by atoms with Gasteiger partial charge in [0.05, 0.1) is 6.61 Å². The van der Waals surface area contributed by atoms with E-state index < -0.39 is 11.9 Å². The average Bonchev–Trinajstić information content (AvgIpc) is 3.09. The van der Waals surface area contributed by atoms with E-state index in [2.05, 4.69) is 26.6 Å². The van der Waals surface area contributed by atoms with Crippen molar-refractivity contribution in [3.63, 3.8) is 0 Å². The first-order valence-electron chi connectivity index (χ1n) is 9.53. The maximum atomic E-state index is 12.6. The zero-order chi connectivity index (χ0) is 24.0. The van der Waals surface area contributed by atoms with Gasteiger partial charge in [-0.25, -0.2) is 4.79 Å². The van der Waals surface area contributed by atoms with Crippen LogP contribution in [0.2, 0.25) is 10.0 Å². The van der Waals surface area contributed by atoms with Gasteiger partial charge in [0.2, 0.25) is 5.88 Å². The Hall–Kier alpha value is -3.25. The molecule has 0 aliphatic carbocycles. The highest BCUT2D eigenvalue weighted by Gasteiger charge is 2.26. The maximum Gasteiger partial charge on any atom is 0.345 e. The second-order valence-electron chi connectivity index (χ2n) is 6.47. The van der Waals surface area contributed by atoms with Crippen molar-refractivity contribution >= 4 is 74.3 Å². The molecular formula is C23H16BrCl2N3O4. The van der Waals surface area contributed by atoms with E-state index in [1.807, 2.05) is 6.07 Å². The van der Waals surface area contributed by atoms with Crippen molar-refractivity contribution in [1.29, 1.82) is 5.26 Å². The smallest absolute Gasteiger partial charge is 0.345 e. The van der Waals surface area contributed by atoms with Crippen molar-refractivity contribution in [2.24, 2.45) is 0 Å².